The van der Waals surface area contributed by atoms with Crippen LogP contribution in [0, 0.1) is 6.92 Å². The van der Waals surface area contributed by atoms with Gasteiger partial charge in [0.25, 0.3) is 0 Å². The second-order valence-electron chi connectivity index (χ2n) is 2.45. The van der Waals surface area contributed by atoms with Crippen LogP contribution in [0.5, 0.6) is 0 Å². The first-order valence-corrected chi connectivity index (χ1v) is 2.75. The van der Waals surface area contributed by atoms with E-state index in [1.807, 2.05) is 13.8 Å². The van der Waals surface area contributed by atoms with Gasteiger partial charge in [0.1, 0.15) is 0 Å². The summed E-state index contributed by atoms with van der Waals surface area (Å²) in [6, 6.07) is 0. The fourth-order valence-electron chi connectivity index (χ4n) is 0.763. The fraction of sp³-hybridized carbons (Fsp3) is 0.833. The van der Waals surface area contributed by atoms with Crippen LogP contribution >= 0.6 is 0 Å². The number of hydrogen-bond donors (Lipinski definition) is 0. The molecule has 2 nitrogen and oxygen atoms in total. The Morgan fingerprint density at radius 1 is 1.56 bits per heavy atom. The van der Waals surface area contributed by atoms with E-state index in [0.29, 0.717) is 6.61 Å². The Kier molecular flexibility index (Phi) is 3.29. The summed E-state index contributed by atoms with van der Waals surface area (Å²) in [6.07, 6.45) is 0.0185. The van der Waals surface area contributed by atoms with E-state index in [1.165, 1.54) is 0 Å². The van der Waals surface area contributed by atoms with E-state index in [9.17, 15) is 0 Å². The summed E-state index contributed by atoms with van der Waals surface area (Å²) in [7, 11) is 0. The van der Waals surface area contributed by atoms with Crippen molar-refractivity contribution in [2.24, 2.45) is 0 Å². The Bertz CT molecular complexity index is 93.1. The quantitative estimate of drug-likeness (QED) is 0.621. The maximum Gasteiger partial charge on any atom is 1.00 e. The average molecular weight is 305 g/mol. The molecule has 55 valence electrons. The van der Waals surface area contributed by atoms with Gasteiger partial charge in [-0.1, -0.05) is 0 Å². The molecule has 1 aliphatic rings. The molecule has 0 aliphatic carbocycles. The predicted octanol–water partition coefficient (Wildman–Crippen LogP) is 0.969. The van der Waals surface area contributed by atoms with Crippen LogP contribution in [-0.4, -0.2) is 18.5 Å². The van der Waals surface area contributed by atoms with Crippen molar-refractivity contribution in [1.82, 2.24) is 0 Å². The first-order chi connectivity index (χ1) is 3.60. The largest absolute Gasteiger partial charge is 1.00 e. The molecule has 1 fully saturated rings. The van der Waals surface area contributed by atoms with Crippen LogP contribution < -0.4 is 0 Å². The Hall–Kier alpha value is 0.556. The molecule has 0 aromatic carbocycles. The number of hydrogen-bond acceptors (Lipinski definition) is 2. The molecule has 0 spiro atoms. The van der Waals surface area contributed by atoms with Gasteiger partial charge in [-0.2, -0.15) is 0 Å². The summed E-state index contributed by atoms with van der Waals surface area (Å²) >= 11 is 0. The van der Waals surface area contributed by atoms with Gasteiger partial charge in [0, 0.05) is 6.61 Å². The molecular weight excluding hydrogens is 294 g/mol. The molecule has 1 heterocycles. The van der Waals surface area contributed by atoms with Gasteiger partial charge in [0.05, 0.1) is 0 Å². The molecule has 1 aliphatic heterocycles. The summed E-state index contributed by atoms with van der Waals surface area (Å²) in [6.45, 7) is 8.08. The molecule has 0 saturated carbocycles. The Morgan fingerprint density at radius 3 is 2.22 bits per heavy atom. The van der Waals surface area contributed by atoms with Crippen LogP contribution in [-0.2, 0) is 29.3 Å². The molecule has 0 N–H and O–H groups in total. The van der Waals surface area contributed by atoms with Gasteiger partial charge in [-0.05, 0) is 20.0 Å². The topological polar surface area (TPSA) is 18.5 Å². The summed E-state index contributed by atoms with van der Waals surface area (Å²) in [4.78, 5) is 0. The summed E-state index contributed by atoms with van der Waals surface area (Å²) in [5, 5.41) is 0. The monoisotopic (exact) mass is 307 g/mol. The maximum absolute atomic E-state index is 5.22. The second-order valence-corrected chi connectivity index (χ2v) is 2.45. The summed E-state index contributed by atoms with van der Waals surface area (Å²) in [5.41, 5.74) is 0. The van der Waals surface area contributed by atoms with Gasteiger partial charge >= 0.3 is 19.8 Å². The van der Waals surface area contributed by atoms with Crippen LogP contribution in [0.3, 0.4) is 0 Å². The minimum Gasteiger partial charge on any atom is -0.377 e. The minimum atomic E-state index is -0.396. The Balaban J connectivity index is 0.000000640. The second kappa shape index (κ2) is 3.10. The normalized spacial score (nSPS) is 31.7. The van der Waals surface area contributed by atoms with Gasteiger partial charge in [-0.25, -0.2) is 0 Å². The van der Waals surface area contributed by atoms with Gasteiger partial charge < -0.3 is 16.4 Å². The van der Waals surface area contributed by atoms with Gasteiger partial charge in [0.15, 0.2) is 5.79 Å². The molecule has 0 bridgehead atoms. The Morgan fingerprint density at radius 2 is 2.11 bits per heavy atom. The van der Waals surface area contributed by atoms with Crippen LogP contribution in [0.15, 0.2) is 0 Å². The molecule has 1 atom stereocenters. The van der Waals surface area contributed by atoms with E-state index in [0.717, 1.165) is 0 Å². The van der Waals surface area contributed by atoms with Crippen LogP contribution in [0.1, 0.15) is 13.8 Å². The maximum atomic E-state index is 5.22. The molecule has 1 rings (SSSR count). The zero-order valence-corrected chi connectivity index (χ0v) is 8.20. The molecule has 0 amide bonds. The van der Waals surface area contributed by atoms with Crippen molar-refractivity contribution in [3.63, 3.8) is 0 Å². The summed E-state index contributed by atoms with van der Waals surface area (Å²) < 4.78 is 10.4. The van der Waals surface area contributed by atoms with E-state index in [4.69, 9.17) is 9.47 Å². The van der Waals surface area contributed by atoms with Gasteiger partial charge in [0.2, 0.25) is 0 Å². The Labute approximate surface area is 69.0 Å². The SMILES string of the molecule is [CH2-][C@@H]1COC(C)(C)O1.[Os+]. The van der Waals surface area contributed by atoms with Crippen LogP contribution in [0.2, 0.25) is 0 Å². The van der Waals surface area contributed by atoms with Crippen molar-refractivity contribution in [3.8, 4) is 0 Å². The molecule has 9 heavy (non-hydrogen) atoms. The zero-order chi connectivity index (χ0) is 6.20. The fourth-order valence-corrected chi connectivity index (χ4v) is 0.763. The zero-order valence-electron chi connectivity index (χ0n) is 5.66. The van der Waals surface area contributed by atoms with Crippen molar-refractivity contribution in [3.05, 3.63) is 6.92 Å². The molecule has 1 saturated heterocycles. The first kappa shape index (κ1) is 9.56. The van der Waals surface area contributed by atoms with Crippen molar-refractivity contribution in [2.75, 3.05) is 6.61 Å². The van der Waals surface area contributed by atoms with Crippen molar-refractivity contribution in [2.45, 2.75) is 25.7 Å². The molecular formula is C6H11O2Os. The molecule has 3 heteroatoms. The molecule has 0 aromatic rings. The van der Waals surface area contributed by atoms with E-state index < -0.39 is 5.79 Å². The van der Waals surface area contributed by atoms with E-state index in [2.05, 4.69) is 6.92 Å². The van der Waals surface area contributed by atoms with E-state index >= 15 is 0 Å². The summed E-state index contributed by atoms with van der Waals surface area (Å²) in [5.74, 6) is -0.396. The van der Waals surface area contributed by atoms with E-state index in [1.54, 1.807) is 0 Å². The third kappa shape index (κ3) is 2.75. The number of ether oxygens (including phenoxy) is 2. The van der Waals surface area contributed by atoms with Gasteiger partial charge in [-0.3, -0.25) is 0 Å². The molecule has 0 aromatic heterocycles. The molecule has 0 unspecified atom stereocenters. The van der Waals surface area contributed by atoms with Crippen molar-refractivity contribution in [1.29, 1.82) is 0 Å². The van der Waals surface area contributed by atoms with Crippen molar-refractivity contribution >= 4 is 0 Å². The standard InChI is InChI=1S/C6H11O2.Os/c1-5-4-7-6(2,3)8-5;/h5H,1,4H2,2-3H3;/q-1;+1/t5-;/m1./s1. The average Bonchev–Trinajstić information content (AvgIpc) is 1.82. The van der Waals surface area contributed by atoms with Gasteiger partial charge in [-0.15, -0.1) is 0 Å². The third-order valence-electron chi connectivity index (χ3n) is 1.07. The third-order valence-corrected chi connectivity index (χ3v) is 1.07. The smallest absolute Gasteiger partial charge is 0.377 e. The van der Waals surface area contributed by atoms with Crippen LogP contribution in [0.4, 0.5) is 0 Å². The number of rotatable bonds is 0. The predicted molar refractivity (Wildman–Crippen MR) is 30.3 cm³/mol. The molecule has 1 radical (unpaired) electrons. The van der Waals surface area contributed by atoms with Crippen LogP contribution in [0.25, 0.3) is 0 Å². The first-order valence-electron chi connectivity index (χ1n) is 2.75. The van der Waals surface area contributed by atoms with E-state index in [-0.39, 0.29) is 25.9 Å². The van der Waals surface area contributed by atoms with Crippen molar-refractivity contribution < 1.29 is 29.3 Å². The minimum absolute atomic E-state index is 0.